The van der Waals surface area contributed by atoms with Crippen LogP contribution in [0.2, 0.25) is 0 Å². The molecule has 0 saturated carbocycles. The number of nitrogen functional groups attached to an aromatic ring is 1. The molecule has 0 amide bonds. The van der Waals surface area contributed by atoms with Gasteiger partial charge in [0.25, 0.3) is 0 Å². The first-order valence-electron chi connectivity index (χ1n) is 3.60. The largest absolute Gasteiger partial charge is 0.495 e. The van der Waals surface area contributed by atoms with E-state index in [1.54, 1.807) is 7.11 Å². The molecular formula is C9H9Br2NO. The monoisotopic (exact) mass is 305 g/mol. The van der Waals surface area contributed by atoms with E-state index in [9.17, 15) is 0 Å². The number of nitrogens with two attached hydrogens (primary N) is 1. The van der Waals surface area contributed by atoms with E-state index in [2.05, 4.69) is 31.9 Å². The summed E-state index contributed by atoms with van der Waals surface area (Å²) in [6.45, 7) is 0. The lowest BCUT2D eigenvalue weighted by Gasteiger charge is -2.06. The molecule has 13 heavy (non-hydrogen) atoms. The van der Waals surface area contributed by atoms with E-state index in [1.807, 2.05) is 24.3 Å². The molecular weight excluding hydrogens is 298 g/mol. The number of anilines is 1. The smallest absolute Gasteiger partial charge is 0.142 e. The number of halogens is 2. The first-order chi connectivity index (χ1) is 6.15. The number of para-hydroxylation sites is 1. The van der Waals surface area contributed by atoms with Gasteiger partial charge in [0.2, 0.25) is 0 Å². The summed E-state index contributed by atoms with van der Waals surface area (Å²) in [7, 11) is 1.60. The average Bonchev–Trinajstić information content (AvgIpc) is 2.08. The van der Waals surface area contributed by atoms with Gasteiger partial charge >= 0.3 is 0 Å². The second kappa shape index (κ2) is 4.67. The van der Waals surface area contributed by atoms with Gasteiger partial charge in [-0.3, -0.25) is 0 Å². The Kier molecular flexibility index (Phi) is 3.81. The molecule has 2 N–H and O–H groups in total. The summed E-state index contributed by atoms with van der Waals surface area (Å²) < 4.78 is 5.93. The first kappa shape index (κ1) is 10.6. The van der Waals surface area contributed by atoms with Crippen LogP contribution in [0.25, 0.3) is 6.08 Å². The SMILES string of the molecule is COc1cccc(C=C(Br)Br)c1N. The summed E-state index contributed by atoms with van der Waals surface area (Å²) in [5.41, 5.74) is 7.39. The molecule has 0 aliphatic rings. The molecule has 0 aliphatic heterocycles. The Bertz CT molecular complexity index is 332. The van der Waals surface area contributed by atoms with Crippen LogP contribution in [0.1, 0.15) is 5.56 Å². The van der Waals surface area contributed by atoms with Gasteiger partial charge in [-0.25, -0.2) is 0 Å². The predicted octanol–water partition coefficient (Wildman–Crippen LogP) is 3.37. The fourth-order valence-corrected chi connectivity index (χ4v) is 1.48. The van der Waals surface area contributed by atoms with Crippen LogP contribution < -0.4 is 10.5 Å². The van der Waals surface area contributed by atoms with Crippen molar-refractivity contribution in [3.63, 3.8) is 0 Å². The maximum absolute atomic E-state index is 5.83. The van der Waals surface area contributed by atoms with Gasteiger partial charge in [-0.05, 0) is 44.0 Å². The maximum atomic E-state index is 5.83. The zero-order chi connectivity index (χ0) is 9.84. The third-order valence-electron chi connectivity index (χ3n) is 1.58. The summed E-state index contributed by atoms with van der Waals surface area (Å²) >= 11 is 6.55. The highest BCUT2D eigenvalue weighted by Gasteiger charge is 2.02. The minimum atomic E-state index is 0.640. The number of hydrogen-bond acceptors (Lipinski definition) is 2. The van der Waals surface area contributed by atoms with Gasteiger partial charge in [-0.1, -0.05) is 12.1 Å². The van der Waals surface area contributed by atoms with Gasteiger partial charge < -0.3 is 10.5 Å². The molecule has 1 aromatic carbocycles. The van der Waals surface area contributed by atoms with Crippen LogP contribution in [0.15, 0.2) is 21.6 Å². The van der Waals surface area contributed by atoms with E-state index in [-0.39, 0.29) is 0 Å². The van der Waals surface area contributed by atoms with Gasteiger partial charge in [-0.15, -0.1) is 0 Å². The highest BCUT2D eigenvalue weighted by Crippen LogP contribution is 2.28. The van der Waals surface area contributed by atoms with Crippen molar-refractivity contribution in [3.8, 4) is 5.75 Å². The van der Waals surface area contributed by atoms with Crippen LogP contribution in [-0.2, 0) is 0 Å². The number of ether oxygens (including phenoxy) is 1. The van der Waals surface area contributed by atoms with Crippen molar-refractivity contribution < 1.29 is 4.74 Å². The standard InChI is InChI=1S/C9H9Br2NO/c1-13-7-4-2-3-6(9(7)12)5-8(10)11/h2-5H,12H2,1H3. The quantitative estimate of drug-likeness (QED) is 0.850. The molecule has 0 atom stereocenters. The van der Waals surface area contributed by atoms with E-state index in [4.69, 9.17) is 10.5 Å². The van der Waals surface area contributed by atoms with Crippen molar-refractivity contribution in [3.05, 3.63) is 27.2 Å². The lowest BCUT2D eigenvalue weighted by atomic mass is 10.1. The van der Waals surface area contributed by atoms with E-state index < -0.39 is 0 Å². The fourth-order valence-electron chi connectivity index (χ4n) is 0.982. The predicted molar refractivity (Wildman–Crippen MR) is 63.2 cm³/mol. The molecule has 0 aromatic heterocycles. The summed E-state index contributed by atoms with van der Waals surface area (Å²) in [5, 5.41) is 0. The van der Waals surface area contributed by atoms with Gasteiger partial charge in [0.05, 0.1) is 16.2 Å². The fraction of sp³-hybridized carbons (Fsp3) is 0.111. The molecule has 0 aliphatic carbocycles. The third-order valence-corrected chi connectivity index (χ3v) is 2.04. The Morgan fingerprint density at radius 1 is 1.46 bits per heavy atom. The molecule has 0 radical (unpaired) electrons. The highest BCUT2D eigenvalue weighted by molar-refractivity contribution is 9.28. The summed E-state index contributed by atoms with van der Waals surface area (Å²) in [6, 6.07) is 5.64. The molecule has 1 rings (SSSR count). The lowest BCUT2D eigenvalue weighted by molar-refractivity contribution is 0.417. The van der Waals surface area contributed by atoms with Crippen molar-refractivity contribution in [1.82, 2.24) is 0 Å². The van der Waals surface area contributed by atoms with Gasteiger partial charge in [0, 0.05) is 5.56 Å². The summed E-state index contributed by atoms with van der Waals surface area (Å²) in [5.74, 6) is 0.690. The minimum Gasteiger partial charge on any atom is -0.495 e. The number of rotatable bonds is 2. The van der Waals surface area contributed by atoms with E-state index in [0.29, 0.717) is 11.4 Å². The van der Waals surface area contributed by atoms with Crippen LogP contribution in [-0.4, -0.2) is 7.11 Å². The zero-order valence-electron chi connectivity index (χ0n) is 7.05. The zero-order valence-corrected chi connectivity index (χ0v) is 10.2. The molecule has 0 heterocycles. The topological polar surface area (TPSA) is 35.2 Å². The molecule has 0 fully saturated rings. The first-order valence-corrected chi connectivity index (χ1v) is 5.19. The second-order valence-corrected chi connectivity index (χ2v) is 5.17. The van der Waals surface area contributed by atoms with Gasteiger partial charge in [0.1, 0.15) is 5.75 Å². The van der Waals surface area contributed by atoms with Crippen molar-refractivity contribution in [1.29, 1.82) is 0 Å². The van der Waals surface area contributed by atoms with Crippen LogP contribution in [0.4, 0.5) is 5.69 Å². The van der Waals surface area contributed by atoms with Crippen molar-refractivity contribution in [2.24, 2.45) is 0 Å². The minimum absolute atomic E-state index is 0.640. The average molecular weight is 307 g/mol. The number of hydrogen-bond donors (Lipinski definition) is 1. The molecule has 2 nitrogen and oxygen atoms in total. The Morgan fingerprint density at radius 2 is 2.15 bits per heavy atom. The Balaban J connectivity index is 3.16. The Hall–Kier alpha value is -0.480. The molecule has 70 valence electrons. The van der Waals surface area contributed by atoms with Crippen molar-refractivity contribution in [2.45, 2.75) is 0 Å². The molecule has 4 heteroatoms. The van der Waals surface area contributed by atoms with Gasteiger partial charge in [-0.2, -0.15) is 0 Å². The van der Waals surface area contributed by atoms with E-state index in [0.717, 1.165) is 8.96 Å². The molecule has 0 spiro atoms. The molecule has 0 saturated heterocycles. The second-order valence-electron chi connectivity index (χ2n) is 2.40. The van der Waals surface area contributed by atoms with Crippen LogP contribution in [0.3, 0.4) is 0 Å². The Labute approximate surface area is 94.0 Å². The van der Waals surface area contributed by atoms with Crippen LogP contribution in [0.5, 0.6) is 5.75 Å². The summed E-state index contributed by atoms with van der Waals surface area (Å²) in [4.78, 5) is 0. The maximum Gasteiger partial charge on any atom is 0.142 e. The summed E-state index contributed by atoms with van der Waals surface area (Å²) in [6.07, 6.45) is 1.87. The normalized spacial score (nSPS) is 9.46. The highest BCUT2D eigenvalue weighted by atomic mass is 79.9. The van der Waals surface area contributed by atoms with Crippen LogP contribution >= 0.6 is 31.9 Å². The molecule has 0 bridgehead atoms. The lowest BCUT2D eigenvalue weighted by Crippen LogP contribution is -1.94. The van der Waals surface area contributed by atoms with E-state index >= 15 is 0 Å². The van der Waals surface area contributed by atoms with Crippen molar-refractivity contribution >= 4 is 43.6 Å². The number of benzene rings is 1. The Morgan fingerprint density at radius 3 is 2.69 bits per heavy atom. The van der Waals surface area contributed by atoms with Crippen LogP contribution in [0, 0.1) is 0 Å². The van der Waals surface area contributed by atoms with E-state index in [1.165, 1.54) is 0 Å². The molecule has 1 aromatic rings. The van der Waals surface area contributed by atoms with Gasteiger partial charge in [0.15, 0.2) is 0 Å². The molecule has 0 unspecified atom stereocenters. The van der Waals surface area contributed by atoms with Crippen molar-refractivity contribution in [2.75, 3.05) is 12.8 Å². The third kappa shape index (κ3) is 2.74. The number of methoxy groups -OCH3 is 1.